The molecule has 3 heteroatoms. The Bertz CT molecular complexity index is 328. The Morgan fingerprint density at radius 1 is 1.31 bits per heavy atom. The van der Waals surface area contributed by atoms with Crippen molar-refractivity contribution in [3.05, 3.63) is 15.6 Å². The molecule has 1 fully saturated rings. The minimum Gasteiger partial charge on any atom is -0.246 e. The van der Waals surface area contributed by atoms with Crippen LogP contribution >= 0.6 is 27.3 Å². The Labute approximate surface area is 111 Å². The number of alkyl halides is 1. The molecule has 0 spiro atoms. The molecule has 90 valence electrons. The van der Waals surface area contributed by atoms with Crippen LogP contribution in [0.3, 0.4) is 0 Å². The molecule has 2 atom stereocenters. The summed E-state index contributed by atoms with van der Waals surface area (Å²) >= 11 is 5.68. The summed E-state index contributed by atoms with van der Waals surface area (Å²) in [6.07, 6.45) is 8.06. The molecular formula is C13H20BrNS. The second-order valence-electron chi connectivity index (χ2n) is 4.94. The first-order valence-electron chi connectivity index (χ1n) is 6.22. The van der Waals surface area contributed by atoms with Gasteiger partial charge in [-0.05, 0) is 32.6 Å². The van der Waals surface area contributed by atoms with Crippen LogP contribution in [-0.2, 0) is 6.42 Å². The number of hydrogen-bond donors (Lipinski definition) is 0. The number of aryl methyl sites for hydroxylation is 2. The lowest BCUT2D eigenvalue weighted by Crippen LogP contribution is -2.08. The van der Waals surface area contributed by atoms with Gasteiger partial charge >= 0.3 is 0 Å². The second-order valence-corrected chi connectivity index (χ2v) is 7.52. The Kier molecular flexibility index (Phi) is 4.42. The molecule has 1 aromatic heterocycles. The molecule has 0 aromatic carbocycles. The largest absolute Gasteiger partial charge is 0.246 e. The predicted octanol–water partition coefficient (Wildman–Crippen LogP) is 4.65. The van der Waals surface area contributed by atoms with Crippen LogP contribution in [0.15, 0.2) is 0 Å². The van der Waals surface area contributed by atoms with E-state index in [1.807, 2.05) is 11.3 Å². The van der Waals surface area contributed by atoms with Gasteiger partial charge in [-0.2, -0.15) is 0 Å². The number of aromatic nitrogens is 1. The first-order chi connectivity index (χ1) is 7.65. The van der Waals surface area contributed by atoms with E-state index in [1.54, 1.807) is 0 Å². The van der Waals surface area contributed by atoms with Crippen LogP contribution in [0.5, 0.6) is 0 Å². The molecule has 1 aliphatic rings. The fourth-order valence-corrected chi connectivity index (χ4v) is 4.36. The number of thiazole rings is 1. The minimum atomic E-state index is 0.738. The fraction of sp³-hybridized carbons (Fsp3) is 0.769. The molecule has 0 N–H and O–H groups in total. The van der Waals surface area contributed by atoms with Gasteiger partial charge in [-0.1, -0.05) is 35.2 Å². The maximum atomic E-state index is 4.66. The zero-order valence-corrected chi connectivity index (χ0v) is 12.5. The molecule has 2 unspecified atom stereocenters. The maximum absolute atomic E-state index is 4.66. The smallest absolute Gasteiger partial charge is 0.0933 e. The molecule has 0 amide bonds. The van der Waals surface area contributed by atoms with Gasteiger partial charge in [-0.25, -0.2) is 4.98 Å². The van der Waals surface area contributed by atoms with Gasteiger partial charge in [0.25, 0.3) is 0 Å². The van der Waals surface area contributed by atoms with Gasteiger partial charge in [0.05, 0.1) is 10.7 Å². The summed E-state index contributed by atoms with van der Waals surface area (Å²) in [6, 6.07) is 0. The standard InChI is InChI=1S/C13H20BrNS/c1-9-10(2)16-13(15-9)8-11-5-3-4-6-12(14)7-11/h11-12H,3-8H2,1-2H3. The van der Waals surface area contributed by atoms with E-state index >= 15 is 0 Å². The third kappa shape index (κ3) is 3.30. The van der Waals surface area contributed by atoms with E-state index in [4.69, 9.17) is 0 Å². The summed E-state index contributed by atoms with van der Waals surface area (Å²) in [5.74, 6) is 0.844. The number of nitrogens with zero attached hydrogens (tertiary/aromatic N) is 1. The van der Waals surface area contributed by atoms with Gasteiger partial charge in [-0.15, -0.1) is 11.3 Å². The van der Waals surface area contributed by atoms with Crippen molar-refractivity contribution in [2.45, 2.75) is 57.2 Å². The van der Waals surface area contributed by atoms with Gasteiger partial charge < -0.3 is 0 Å². The average Bonchev–Trinajstić information content (AvgIpc) is 2.43. The Balaban J connectivity index is 1.97. The molecule has 0 saturated heterocycles. The van der Waals surface area contributed by atoms with Crippen molar-refractivity contribution >= 4 is 27.3 Å². The Morgan fingerprint density at radius 2 is 2.06 bits per heavy atom. The van der Waals surface area contributed by atoms with Crippen LogP contribution in [0.2, 0.25) is 0 Å². The molecule has 1 aliphatic carbocycles. The van der Waals surface area contributed by atoms with Crippen LogP contribution in [0.1, 0.15) is 47.7 Å². The average molecular weight is 302 g/mol. The number of halogens is 1. The lowest BCUT2D eigenvalue weighted by atomic mass is 9.97. The van der Waals surface area contributed by atoms with Crippen molar-refractivity contribution < 1.29 is 0 Å². The molecular weight excluding hydrogens is 282 g/mol. The molecule has 1 nitrogen and oxygen atoms in total. The van der Waals surface area contributed by atoms with E-state index in [0.717, 1.165) is 10.7 Å². The molecule has 0 aliphatic heterocycles. The maximum Gasteiger partial charge on any atom is 0.0933 e. The van der Waals surface area contributed by atoms with Gasteiger partial charge in [0.1, 0.15) is 0 Å². The second kappa shape index (κ2) is 5.63. The minimum absolute atomic E-state index is 0.738. The highest BCUT2D eigenvalue weighted by Crippen LogP contribution is 2.31. The van der Waals surface area contributed by atoms with Crippen molar-refractivity contribution in [3.8, 4) is 0 Å². The highest BCUT2D eigenvalue weighted by Gasteiger charge is 2.19. The third-order valence-corrected chi connectivity index (χ3v) is 5.43. The predicted molar refractivity (Wildman–Crippen MR) is 74.6 cm³/mol. The van der Waals surface area contributed by atoms with Crippen LogP contribution in [0.4, 0.5) is 0 Å². The summed E-state index contributed by atoms with van der Waals surface area (Å²) in [4.78, 5) is 6.79. The van der Waals surface area contributed by atoms with E-state index in [2.05, 4.69) is 34.8 Å². The highest BCUT2D eigenvalue weighted by atomic mass is 79.9. The van der Waals surface area contributed by atoms with Crippen molar-refractivity contribution in [2.75, 3.05) is 0 Å². The first kappa shape index (κ1) is 12.6. The van der Waals surface area contributed by atoms with Crippen molar-refractivity contribution in [1.82, 2.24) is 4.98 Å². The van der Waals surface area contributed by atoms with Crippen LogP contribution < -0.4 is 0 Å². The van der Waals surface area contributed by atoms with Crippen LogP contribution in [-0.4, -0.2) is 9.81 Å². The molecule has 0 bridgehead atoms. The molecule has 0 radical (unpaired) electrons. The van der Waals surface area contributed by atoms with Crippen LogP contribution in [0.25, 0.3) is 0 Å². The highest BCUT2D eigenvalue weighted by molar-refractivity contribution is 9.09. The zero-order chi connectivity index (χ0) is 11.5. The lowest BCUT2D eigenvalue weighted by Gasteiger charge is -2.14. The van der Waals surface area contributed by atoms with Crippen molar-refractivity contribution in [1.29, 1.82) is 0 Å². The van der Waals surface area contributed by atoms with Crippen molar-refractivity contribution in [2.24, 2.45) is 5.92 Å². The summed E-state index contributed by atoms with van der Waals surface area (Å²) in [6.45, 7) is 4.30. The van der Waals surface area contributed by atoms with Crippen LogP contribution in [0, 0.1) is 19.8 Å². The quantitative estimate of drug-likeness (QED) is 0.572. The Morgan fingerprint density at radius 3 is 2.75 bits per heavy atom. The van der Waals surface area contributed by atoms with E-state index in [9.17, 15) is 0 Å². The first-order valence-corrected chi connectivity index (χ1v) is 7.95. The normalized spacial score (nSPS) is 26.7. The summed E-state index contributed by atoms with van der Waals surface area (Å²) in [5, 5.41) is 1.35. The molecule has 2 rings (SSSR count). The third-order valence-electron chi connectivity index (χ3n) is 3.50. The van der Waals surface area contributed by atoms with Gasteiger partial charge in [0.2, 0.25) is 0 Å². The fourth-order valence-electron chi connectivity index (χ4n) is 2.46. The lowest BCUT2D eigenvalue weighted by molar-refractivity contribution is 0.462. The molecule has 1 aromatic rings. The summed E-state index contributed by atoms with van der Waals surface area (Å²) in [7, 11) is 0. The molecule has 1 saturated carbocycles. The van der Waals surface area contributed by atoms with E-state index in [0.29, 0.717) is 0 Å². The topological polar surface area (TPSA) is 12.9 Å². The molecule has 1 heterocycles. The number of hydrogen-bond acceptors (Lipinski definition) is 2. The SMILES string of the molecule is Cc1nc(CC2CCCCC(Br)C2)sc1C. The van der Waals surface area contributed by atoms with E-state index in [1.165, 1.54) is 54.1 Å². The van der Waals surface area contributed by atoms with Gasteiger partial charge in [0.15, 0.2) is 0 Å². The number of rotatable bonds is 2. The van der Waals surface area contributed by atoms with Crippen molar-refractivity contribution in [3.63, 3.8) is 0 Å². The monoisotopic (exact) mass is 301 g/mol. The molecule has 16 heavy (non-hydrogen) atoms. The summed E-state index contributed by atoms with van der Waals surface area (Å²) in [5.41, 5.74) is 1.23. The summed E-state index contributed by atoms with van der Waals surface area (Å²) < 4.78 is 0. The van der Waals surface area contributed by atoms with E-state index in [-0.39, 0.29) is 0 Å². The zero-order valence-electron chi connectivity index (χ0n) is 10.1. The Hall–Kier alpha value is 0.110. The van der Waals surface area contributed by atoms with Gasteiger partial charge in [0, 0.05) is 16.1 Å². The van der Waals surface area contributed by atoms with Gasteiger partial charge in [-0.3, -0.25) is 0 Å². The van der Waals surface area contributed by atoms with E-state index < -0.39 is 0 Å².